The van der Waals surface area contributed by atoms with Crippen molar-refractivity contribution < 1.29 is 20.2 Å². The highest BCUT2D eigenvalue weighted by atomic mass is 16.5. The molecule has 1 aromatic heterocycles. The van der Waals surface area contributed by atoms with Gasteiger partial charge in [0.1, 0.15) is 0 Å². The largest absolute Gasteiger partial charge is 0.411 e. The Balaban J connectivity index is 1.95. The van der Waals surface area contributed by atoms with Gasteiger partial charge in [-0.2, -0.15) is 0 Å². The smallest absolute Gasteiger partial charge is 0.251 e. The zero-order valence-corrected chi connectivity index (χ0v) is 19.3. The Morgan fingerprint density at radius 2 is 1.68 bits per heavy atom. The fraction of sp³-hybridized carbons (Fsp3) is 0.269. The Kier molecular flexibility index (Phi) is 7.99. The molecule has 0 aliphatic heterocycles. The van der Waals surface area contributed by atoms with Crippen LogP contribution >= 0.6 is 0 Å². The summed E-state index contributed by atoms with van der Waals surface area (Å²) in [6.07, 6.45) is 0.345. The van der Waals surface area contributed by atoms with E-state index in [1.807, 2.05) is 43.3 Å². The first-order chi connectivity index (χ1) is 16.2. The minimum Gasteiger partial charge on any atom is -0.411 e. The molecule has 0 saturated heterocycles. The highest BCUT2D eigenvalue weighted by molar-refractivity contribution is 6.00. The molecule has 0 aliphatic rings. The van der Waals surface area contributed by atoms with Crippen LogP contribution in [0.3, 0.4) is 0 Å². The second-order valence-corrected chi connectivity index (χ2v) is 8.32. The molecule has 0 bridgehead atoms. The molecule has 0 aliphatic carbocycles. The number of aliphatic hydroxyl groups is 2. The van der Waals surface area contributed by atoms with Gasteiger partial charge in [0.15, 0.2) is 6.29 Å². The number of carbonyl (C=O) groups excluding carboxylic acids is 1. The first-order valence-corrected chi connectivity index (χ1v) is 10.9. The molecular formula is C26H29N3O5. The van der Waals surface area contributed by atoms with E-state index in [1.165, 1.54) is 17.6 Å². The minimum absolute atomic E-state index is 0.159. The highest BCUT2D eigenvalue weighted by Gasteiger charge is 2.21. The van der Waals surface area contributed by atoms with Gasteiger partial charge >= 0.3 is 0 Å². The van der Waals surface area contributed by atoms with Crippen LogP contribution in [0.25, 0.3) is 0 Å². The van der Waals surface area contributed by atoms with Crippen molar-refractivity contribution >= 4 is 11.6 Å². The average molecular weight is 464 g/mol. The lowest BCUT2D eigenvalue weighted by atomic mass is 9.83. The fourth-order valence-electron chi connectivity index (χ4n) is 3.79. The number of carbonyl (C=O) groups is 1. The van der Waals surface area contributed by atoms with Gasteiger partial charge < -0.3 is 25.3 Å². The number of nitrogens with one attached hydrogen (secondary N) is 1. The third kappa shape index (κ3) is 5.78. The van der Waals surface area contributed by atoms with Crippen molar-refractivity contribution in [3.05, 3.63) is 105 Å². The monoisotopic (exact) mass is 463 g/mol. The van der Waals surface area contributed by atoms with Crippen LogP contribution in [0, 0.1) is 6.92 Å². The van der Waals surface area contributed by atoms with Crippen LogP contribution in [0.2, 0.25) is 0 Å². The Bertz CT molecular complexity index is 1230. The summed E-state index contributed by atoms with van der Waals surface area (Å²) in [5, 5.41) is 34.3. The molecule has 0 radical (unpaired) electrons. The van der Waals surface area contributed by atoms with E-state index in [0.717, 1.165) is 16.7 Å². The van der Waals surface area contributed by atoms with Gasteiger partial charge in [-0.1, -0.05) is 41.6 Å². The van der Waals surface area contributed by atoms with E-state index in [1.54, 1.807) is 31.4 Å². The minimum atomic E-state index is -1.65. The van der Waals surface area contributed by atoms with E-state index in [-0.39, 0.29) is 11.5 Å². The maximum atomic E-state index is 12.4. The third-order valence-corrected chi connectivity index (χ3v) is 5.88. The lowest BCUT2D eigenvalue weighted by Crippen LogP contribution is -2.40. The summed E-state index contributed by atoms with van der Waals surface area (Å²) in [6, 6.07) is 17.2. The summed E-state index contributed by atoms with van der Waals surface area (Å²) < 4.78 is 1.43. The Morgan fingerprint density at radius 3 is 2.26 bits per heavy atom. The SMILES string of the molecule is Cc1ccccc1C(C/C(=N/O)c1ccc(=O)n(C)c1)c1ccc(C(=O)NC(C)C(O)O)cc1. The molecule has 34 heavy (non-hydrogen) atoms. The Morgan fingerprint density at radius 1 is 1.03 bits per heavy atom. The lowest BCUT2D eigenvalue weighted by molar-refractivity contribution is -0.0605. The maximum Gasteiger partial charge on any atom is 0.251 e. The Labute approximate surface area is 197 Å². The molecule has 3 rings (SSSR count). The van der Waals surface area contributed by atoms with Gasteiger partial charge in [0.25, 0.3) is 5.91 Å². The predicted octanol–water partition coefficient (Wildman–Crippen LogP) is 2.52. The normalized spacial score (nSPS) is 13.5. The predicted molar refractivity (Wildman–Crippen MR) is 129 cm³/mol. The van der Waals surface area contributed by atoms with Crippen molar-refractivity contribution in [3.8, 4) is 0 Å². The fourth-order valence-corrected chi connectivity index (χ4v) is 3.79. The molecule has 8 heteroatoms. The standard InChI is InChI=1S/C26H29N3O5/c1-16-6-4-5-7-21(16)22(14-23(28-34)20-12-13-24(30)29(3)15-20)18-8-10-19(11-9-18)25(31)27-17(2)26(32)33/h4-13,15,17,22,26,32-34H,14H2,1-3H3,(H,27,31)/b28-23-. The molecule has 1 heterocycles. The van der Waals surface area contributed by atoms with Gasteiger partial charge in [-0.15, -0.1) is 0 Å². The second-order valence-electron chi connectivity index (χ2n) is 8.32. The van der Waals surface area contributed by atoms with Crippen molar-refractivity contribution in [2.24, 2.45) is 12.2 Å². The average Bonchev–Trinajstić information content (AvgIpc) is 2.82. The van der Waals surface area contributed by atoms with E-state index < -0.39 is 18.2 Å². The number of amides is 1. The molecule has 2 atom stereocenters. The van der Waals surface area contributed by atoms with Gasteiger partial charge in [-0.05, 0) is 48.7 Å². The van der Waals surface area contributed by atoms with E-state index in [4.69, 9.17) is 0 Å². The van der Waals surface area contributed by atoms with Crippen LogP contribution in [0.4, 0.5) is 0 Å². The van der Waals surface area contributed by atoms with Gasteiger partial charge in [-0.3, -0.25) is 9.59 Å². The van der Waals surface area contributed by atoms with Crippen LogP contribution in [0.1, 0.15) is 51.9 Å². The summed E-state index contributed by atoms with van der Waals surface area (Å²) in [4.78, 5) is 24.2. The second kappa shape index (κ2) is 10.9. The van der Waals surface area contributed by atoms with E-state index in [2.05, 4.69) is 10.5 Å². The zero-order chi connectivity index (χ0) is 24.8. The van der Waals surface area contributed by atoms with Crippen molar-refractivity contribution in [1.82, 2.24) is 9.88 Å². The van der Waals surface area contributed by atoms with E-state index >= 15 is 0 Å². The number of aromatic nitrogens is 1. The first-order valence-electron chi connectivity index (χ1n) is 10.9. The van der Waals surface area contributed by atoms with Crippen LogP contribution in [-0.4, -0.2) is 43.9 Å². The molecule has 8 nitrogen and oxygen atoms in total. The number of nitrogens with zero attached hydrogens (tertiary/aromatic N) is 2. The van der Waals surface area contributed by atoms with Gasteiger partial charge in [0.2, 0.25) is 5.56 Å². The van der Waals surface area contributed by atoms with Crippen LogP contribution in [-0.2, 0) is 7.05 Å². The summed E-state index contributed by atoms with van der Waals surface area (Å²) >= 11 is 0. The van der Waals surface area contributed by atoms with E-state index in [9.17, 15) is 25.0 Å². The zero-order valence-electron chi connectivity index (χ0n) is 19.3. The number of oxime groups is 1. The Hall–Kier alpha value is -3.75. The van der Waals surface area contributed by atoms with Crippen LogP contribution in [0.15, 0.2) is 76.8 Å². The van der Waals surface area contributed by atoms with Crippen molar-refractivity contribution in [2.45, 2.75) is 38.5 Å². The molecule has 0 saturated carbocycles. The molecule has 2 aromatic carbocycles. The quantitative estimate of drug-likeness (QED) is 0.177. The highest BCUT2D eigenvalue weighted by Crippen LogP contribution is 2.32. The van der Waals surface area contributed by atoms with Gasteiger partial charge in [-0.25, -0.2) is 0 Å². The number of hydrogen-bond acceptors (Lipinski definition) is 6. The van der Waals surface area contributed by atoms with Crippen molar-refractivity contribution in [1.29, 1.82) is 0 Å². The summed E-state index contributed by atoms with van der Waals surface area (Å²) in [5.41, 5.74) is 4.31. The molecule has 178 valence electrons. The molecule has 4 N–H and O–H groups in total. The van der Waals surface area contributed by atoms with Crippen molar-refractivity contribution in [2.75, 3.05) is 0 Å². The summed E-state index contributed by atoms with van der Waals surface area (Å²) in [7, 11) is 1.64. The molecule has 1 amide bonds. The number of aliphatic hydroxyl groups excluding tert-OH is 1. The molecule has 0 fully saturated rings. The van der Waals surface area contributed by atoms with Crippen LogP contribution < -0.4 is 10.9 Å². The summed E-state index contributed by atoms with van der Waals surface area (Å²) in [5.74, 6) is -0.595. The third-order valence-electron chi connectivity index (χ3n) is 5.88. The number of hydrogen-bond donors (Lipinski definition) is 4. The van der Waals surface area contributed by atoms with Crippen molar-refractivity contribution in [3.63, 3.8) is 0 Å². The summed E-state index contributed by atoms with van der Waals surface area (Å²) in [6.45, 7) is 3.51. The van der Waals surface area contributed by atoms with Gasteiger partial charge in [0, 0.05) is 42.8 Å². The molecule has 0 spiro atoms. The number of pyridine rings is 1. The topological polar surface area (TPSA) is 124 Å². The van der Waals surface area contributed by atoms with Gasteiger partial charge in [0.05, 0.1) is 11.8 Å². The van der Waals surface area contributed by atoms with E-state index in [0.29, 0.717) is 23.3 Å². The first kappa shape index (κ1) is 24.9. The molecule has 2 unspecified atom stereocenters. The van der Waals surface area contributed by atoms with Crippen LogP contribution in [0.5, 0.6) is 0 Å². The number of rotatable bonds is 8. The number of aryl methyl sites for hydroxylation is 2. The molecular weight excluding hydrogens is 434 g/mol. The molecule has 3 aromatic rings. The lowest BCUT2D eigenvalue weighted by Gasteiger charge is -2.21. The number of benzene rings is 2. The maximum absolute atomic E-state index is 12.4.